The maximum Gasteiger partial charge on any atom is 0.125 e. The Bertz CT molecular complexity index is 462. The number of hydrogen-bond donors (Lipinski definition) is 1. The van der Waals surface area contributed by atoms with Crippen molar-refractivity contribution >= 4 is 0 Å². The van der Waals surface area contributed by atoms with Crippen LogP contribution in [0, 0.1) is 32.1 Å². The van der Waals surface area contributed by atoms with Crippen LogP contribution in [0.2, 0.25) is 0 Å². The summed E-state index contributed by atoms with van der Waals surface area (Å²) in [5.41, 5.74) is 3.03. The number of nitriles is 1. The van der Waals surface area contributed by atoms with Gasteiger partial charge in [0.25, 0.3) is 0 Å². The molecule has 0 fully saturated rings. The second kappa shape index (κ2) is 5.88. The lowest BCUT2D eigenvalue weighted by atomic mass is 10.0. The van der Waals surface area contributed by atoms with Crippen LogP contribution in [0.4, 0.5) is 0 Å². The summed E-state index contributed by atoms with van der Waals surface area (Å²) in [6.07, 6.45) is 0.660. The largest absolute Gasteiger partial charge is 0.493 e. The third-order valence-corrected chi connectivity index (χ3v) is 3.52. The lowest BCUT2D eigenvalue weighted by Crippen LogP contribution is -2.39. The maximum atomic E-state index is 9.07. The first-order valence-corrected chi connectivity index (χ1v) is 6.23. The number of aryl methyl sites for hydroxylation is 2. The van der Waals surface area contributed by atoms with Gasteiger partial charge in [0.2, 0.25) is 0 Å². The summed E-state index contributed by atoms with van der Waals surface area (Å²) >= 11 is 0. The molecule has 3 heteroatoms. The van der Waals surface area contributed by atoms with Crippen molar-refractivity contribution in [1.29, 1.82) is 5.26 Å². The Morgan fingerprint density at radius 1 is 1.28 bits per heavy atom. The molecule has 0 aliphatic carbocycles. The molecule has 1 atom stereocenters. The second-order valence-corrected chi connectivity index (χ2v) is 4.95. The quantitative estimate of drug-likeness (QED) is 0.869. The first-order chi connectivity index (χ1) is 8.43. The van der Waals surface area contributed by atoms with E-state index in [1.54, 1.807) is 7.05 Å². The van der Waals surface area contributed by atoms with E-state index in [-0.39, 0.29) is 0 Å². The monoisotopic (exact) mass is 246 g/mol. The fourth-order valence-corrected chi connectivity index (χ4v) is 1.74. The van der Waals surface area contributed by atoms with Crippen LogP contribution in [0.3, 0.4) is 0 Å². The molecule has 0 bridgehead atoms. The van der Waals surface area contributed by atoms with Crippen molar-refractivity contribution < 1.29 is 4.74 Å². The first-order valence-electron chi connectivity index (χ1n) is 6.23. The third-order valence-electron chi connectivity index (χ3n) is 3.52. The van der Waals surface area contributed by atoms with Crippen LogP contribution in [0.1, 0.15) is 30.0 Å². The van der Waals surface area contributed by atoms with E-state index >= 15 is 0 Å². The number of rotatable bonds is 5. The highest BCUT2D eigenvalue weighted by Crippen LogP contribution is 2.26. The molecule has 18 heavy (non-hydrogen) atoms. The Balaban J connectivity index is 2.71. The summed E-state index contributed by atoms with van der Waals surface area (Å²) in [5.74, 6) is 0.950. The molecule has 1 aromatic carbocycles. The van der Waals surface area contributed by atoms with E-state index in [9.17, 15) is 0 Å². The molecule has 0 radical (unpaired) electrons. The number of ether oxygens (including phenoxy) is 1. The molecular weight excluding hydrogens is 224 g/mol. The Morgan fingerprint density at radius 3 is 2.44 bits per heavy atom. The summed E-state index contributed by atoms with van der Waals surface area (Å²) in [7, 11) is 1.80. The van der Waals surface area contributed by atoms with Crippen LogP contribution >= 0.6 is 0 Å². The molecule has 1 unspecified atom stereocenters. The lowest BCUT2D eigenvalue weighted by molar-refractivity contribution is 0.270. The number of hydrogen-bond acceptors (Lipinski definition) is 3. The fourth-order valence-electron chi connectivity index (χ4n) is 1.74. The zero-order chi connectivity index (χ0) is 13.8. The highest BCUT2D eigenvalue weighted by molar-refractivity contribution is 5.44. The van der Waals surface area contributed by atoms with Crippen LogP contribution in [0.5, 0.6) is 5.75 Å². The van der Waals surface area contributed by atoms with Gasteiger partial charge in [0.15, 0.2) is 0 Å². The average Bonchev–Trinajstić information content (AvgIpc) is 2.38. The minimum Gasteiger partial charge on any atom is -0.493 e. The summed E-state index contributed by atoms with van der Waals surface area (Å²) < 4.78 is 5.86. The predicted molar refractivity (Wildman–Crippen MR) is 73.8 cm³/mol. The van der Waals surface area contributed by atoms with Crippen LogP contribution in [-0.2, 0) is 0 Å². The Labute approximate surface area is 110 Å². The Kier molecular flexibility index (Phi) is 4.75. The van der Waals surface area contributed by atoms with Crippen LogP contribution in [-0.4, -0.2) is 19.2 Å². The minimum atomic E-state index is -0.522. The van der Waals surface area contributed by atoms with E-state index in [1.165, 1.54) is 11.1 Å². The van der Waals surface area contributed by atoms with Gasteiger partial charge >= 0.3 is 0 Å². The van der Waals surface area contributed by atoms with Crippen molar-refractivity contribution in [2.45, 2.75) is 39.7 Å². The molecule has 98 valence electrons. The van der Waals surface area contributed by atoms with Crippen molar-refractivity contribution in [3.05, 3.63) is 28.8 Å². The highest BCUT2D eigenvalue weighted by Gasteiger charge is 2.21. The number of nitrogens with one attached hydrogen (secondary N) is 1. The lowest BCUT2D eigenvalue weighted by Gasteiger charge is -2.21. The molecule has 1 N–H and O–H groups in total. The zero-order valence-electron chi connectivity index (χ0n) is 11.9. The Morgan fingerprint density at radius 2 is 1.89 bits per heavy atom. The molecule has 0 aromatic heterocycles. The topological polar surface area (TPSA) is 45.0 Å². The average molecular weight is 246 g/mol. The van der Waals surface area contributed by atoms with Gasteiger partial charge in [0.1, 0.15) is 11.3 Å². The summed E-state index contributed by atoms with van der Waals surface area (Å²) in [6, 6.07) is 6.43. The van der Waals surface area contributed by atoms with E-state index < -0.39 is 5.54 Å². The molecule has 0 spiro atoms. The molecule has 3 nitrogen and oxygen atoms in total. The predicted octanol–water partition coefficient (Wildman–Crippen LogP) is 2.88. The Hall–Kier alpha value is -1.53. The van der Waals surface area contributed by atoms with Crippen molar-refractivity contribution in [1.82, 2.24) is 5.32 Å². The third kappa shape index (κ3) is 3.24. The van der Waals surface area contributed by atoms with Gasteiger partial charge in [-0.25, -0.2) is 0 Å². The number of benzene rings is 1. The summed E-state index contributed by atoms with van der Waals surface area (Å²) in [6.45, 7) is 8.61. The summed E-state index contributed by atoms with van der Waals surface area (Å²) in [5, 5.41) is 12.1. The van der Waals surface area contributed by atoms with Crippen molar-refractivity contribution in [3.8, 4) is 11.8 Å². The van der Waals surface area contributed by atoms with Crippen LogP contribution in [0.25, 0.3) is 0 Å². The van der Waals surface area contributed by atoms with Gasteiger partial charge in [-0.1, -0.05) is 12.1 Å². The van der Waals surface area contributed by atoms with E-state index in [0.717, 1.165) is 11.3 Å². The first kappa shape index (κ1) is 14.5. The van der Waals surface area contributed by atoms with E-state index in [1.807, 2.05) is 13.8 Å². The SMILES string of the molecule is CNC(C)(C#N)CCOc1c(C)ccc(C)c1C. The molecule has 0 amide bonds. The second-order valence-electron chi connectivity index (χ2n) is 4.95. The van der Waals surface area contributed by atoms with E-state index in [2.05, 4.69) is 37.4 Å². The van der Waals surface area contributed by atoms with Crippen molar-refractivity contribution in [2.75, 3.05) is 13.7 Å². The summed E-state index contributed by atoms with van der Waals surface area (Å²) in [4.78, 5) is 0. The van der Waals surface area contributed by atoms with Gasteiger partial charge in [-0.2, -0.15) is 5.26 Å². The van der Waals surface area contributed by atoms with Crippen LogP contribution < -0.4 is 10.1 Å². The fraction of sp³-hybridized carbons (Fsp3) is 0.533. The molecule has 0 saturated carbocycles. The van der Waals surface area contributed by atoms with Gasteiger partial charge in [-0.05, 0) is 51.4 Å². The van der Waals surface area contributed by atoms with Crippen LogP contribution in [0.15, 0.2) is 12.1 Å². The minimum absolute atomic E-state index is 0.522. The normalized spacial score (nSPS) is 13.8. The van der Waals surface area contributed by atoms with Gasteiger partial charge in [0.05, 0.1) is 12.7 Å². The molecule has 1 rings (SSSR count). The molecule has 0 aliphatic heterocycles. The number of nitrogens with zero attached hydrogens (tertiary/aromatic N) is 1. The van der Waals surface area contributed by atoms with E-state index in [0.29, 0.717) is 13.0 Å². The van der Waals surface area contributed by atoms with Gasteiger partial charge < -0.3 is 10.1 Å². The van der Waals surface area contributed by atoms with Crippen molar-refractivity contribution in [2.24, 2.45) is 0 Å². The molecule has 0 aliphatic rings. The van der Waals surface area contributed by atoms with Gasteiger partial charge in [0, 0.05) is 6.42 Å². The smallest absolute Gasteiger partial charge is 0.125 e. The van der Waals surface area contributed by atoms with Gasteiger partial charge in [-0.3, -0.25) is 0 Å². The standard InChI is InChI=1S/C15H22N2O/c1-11-6-7-12(2)14(13(11)3)18-9-8-15(4,10-16)17-5/h6-7,17H,8-9H2,1-5H3. The molecule has 0 saturated heterocycles. The molecular formula is C15H22N2O. The highest BCUT2D eigenvalue weighted by atomic mass is 16.5. The van der Waals surface area contributed by atoms with Crippen molar-refractivity contribution in [3.63, 3.8) is 0 Å². The molecule has 1 aromatic rings. The maximum absolute atomic E-state index is 9.07. The van der Waals surface area contributed by atoms with Gasteiger partial charge in [-0.15, -0.1) is 0 Å². The molecule has 0 heterocycles. The van der Waals surface area contributed by atoms with E-state index in [4.69, 9.17) is 10.00 Å². The zero-order valence-corrected chi connectivity index (χ0v) is 11.9.